The summed E-state index contributed by atoms with van der Waals surface area (Å²) in [6, 6.07) is 0. The van der Waals surface area contributed by atoms with E-state index in [1.54, 1.807) is 17.7 Å². The summed E-state index contributed by atoms with van der Waals surface area (Å²) in [6.45, 7) is 11.3. The lowest BCUT2D eigenvalue weighted by Crippen LogP contribution is -2.36. The SMILES string of the molecule is CCCCOC(C)(OCCCC)O[P+](=O)c1cscc1P(=O)(OCCCC)OCCCC. The van der Waals surface area contributed by atoms with Crippen LogP contribution in [0.5, 0.6) is 0 Å². The fourth-order valence-corrected chi connectivity index (χ4v) is 7.34. The van der Waals surface area contributed by atoms with Crippen molar-refractivity contribution in [1.82, 2.24) is 0 Å². The van der Waals surface area contributed by atoms with Crippen molar-refractivity contribution in [2.75, 3.05) is 26.4 Å². The Kier molecular flexibility index (Phi) is 15.4. The molecule has 0 fully saturated rings. The van der Waals surface area contributed by atoms with Gasteiger partial charge in [-0.15, -0.1) is 11.3 Å². The minimum absolute atomic E-state index is 0.306. The fourth-order valence-electron chi connectivity index (χ4n) is 2.56. The Balaban J connectivity index is 3.05. The molecule has 1 atom stereocenters. The lowest BCUT2D eigenvalue weighted by molar-refractivity contribution is -0.330. The van der Waals surface area contributed by atoms with Crippen molar-refractivity contribution in [1.29, 1.82) is 0 Å². The normalized spacial score (nSPS) is 13.0. The van der Waals surface area contributed by atoms with Crippen LogP contribution in [0.3, 0.4) is 0 Å². The number of hydrogen-bond donors (Lipinski definition) is 0. The van der Waals surface area contributed by atoms with Crippen molar-refractivity contribution in [3.05, 3.63) is 10.8 Å². The minimum atomic E-state index is -3.63. The molecular formula is C22H41O7P2S+. The van der Waals surface area contributed by atoms with Gasteiger partial charge in [0.15, 0.2) is 0 Å². The molecule has 32 heavy (non-hydrogen) atoms. The lowest BCUT2D eigenvalue weighted by Gasteiger charge is -2.24. The molecule has 0 bridgehead atoms. The molecule has 0 aliphatic carbocycles. The first-order valence-corrected chi connectivity index (χ1v) is 15.4. The second-order valence-electron chi connectivity index (χ2n) is 7.63. The van der Waals surface area contributed by atoms with E-state index in [0.717, 1.165) is 51.4 Å². The van der Waals surface area contributed by atoms with E-state index in [-0.39, 0.29) is 0 Å². The summed E-state index contributed by atoms with van der Waals surface area (Å²) >= 11 is 1.29. The van der Waals surface area contributed by atoms with Gasteiger partial charge in [0.2, 0.25) is 0 Å². The second-order valence-corrected chi connectivity index (χ2v) is 11.5. The van der Waals surface area contributed by atoms with Crippen LogP contribution < -0.4 is 10.6 Å². The van der Waals surface area contributed by atoms with Crippen LogP contribution in [0.2, 0.25) is 0 Å². The number of ether oxygens (including phenoxy) is 2. The molecule has 0 N–H and O–H groups in total. The summed E-state index contributed by atoms with van der Waals surface area (Å²) in [5, 5.41) is 3.97. The first-order valence-electron chi connectivity index (χ1n) is 11.8. The first-order chi connectivity index (χ1) is 15.4. The van der Waals surface area contributed by atoms with Crippen LogP contribution in [-0.4, -0.2) is 32.4 Å². The van der Waals surface area contributed by atoms with Gasteiger partial charge in [-0.3, -0.25) is 4.57 Å². The molecule has 1 rings (SSSR count). The number of unbranched alkanes of at least 4 members (excludes halogenated alkanes) is 4. The maximum absolute atomic E-state index is 13.7. The molecule has 0 spiro atoms. The van der Waals surface area contributed by atoms with Crippen LogP contribution in [-0.2, 0) is 32.2 Å². The highest BCUT2D eigenvalue weighted by Gasteiger charge is 2.45. The summed E-state index contributed by atoms with van der Waals surface area (Å²) in [6.07, 6.45) is 6.93. The van der Waals surface area contributed by atoms with E-state index in [9.17, 15) is 9.13 Å². The van der Waals surface area contributed by atoms with Gasteiger partial charge < -0.3 is 18.5 Å². The average molecular weight is 512 g/mol. The van der Waals surface area contributed by atoms with E-state index in [0.29, 0.717) is 37.0 Å². The largest absolute Gasteiger partial charge is 0.556 e. The zero-order valence-electron chi connectivity index (χ0n) is 20.3. The Morgan fingerprint density at radius 1 is 0.844 bits per heavy atom. The van der Waals surface area contributed by atoms with Gasteiger partial charge in [0.05, 0.1) is 26.4 Å². The van der Waals surface area contributed by atoms with E-state index in [2.05, 4.69) is 13.8 Å². The zero-order chi connectivity index (χ0) is 23.9. The number of rotatable bonds is 20. The fraction of sp³-hybridized carbons (Fsp3) is 0.818. The predicted octanol–water partition coefficient (Wildman–Crippen LogP) is 6.89. The molecule has 0 amide bonds. The van der Waals surface area contributed by atoms with Gasteiger partial charge in [0.25, 0.3) is 5.30 Å². The molecule has 1 unspecified atom stereocenters. The van der Waals surface area contributed by atoms with Crippen LogP contribution in [0.15, 0.2) is 10.8 Å². The van der Waals surface area contributed by atoms with Crippen LogP contribution in [0.4, 0.5) is 0 Å². The van der Waals surface area contributed by atoms with Gasteiger partial charge in [-0.2, -0.15) is 0 Å². The van der Waals surface area contributed by atoms with E-state index in [4.69, 9.17) is 23.0 Å². The van der Waals surface area contributed by atoms with E-state index in [1.165, 1.54) is 11.3 Å². The highest BCUT2D eigenvalue weighted by Crippen LogP contribution is 2.49. The van der Waals surface area contributed by atoms with Crippen molar-refractivity contribution in [3.8, 4) is 0 Å². The molecule has 1 heterocycles. The molecule has 1 aromatic rings. The summed E-state index contributed by atoms with van der Waals surface area (Å²) in [5.41, 5.74) is 0. The third-order valence-corrected chi connectivity index (χ3v) is 9.14. The molecule has 0 aromatic carbocycles. The van der Waals surface area contributed by atoms with Gasteiger partial charge in [-0.1, -0.05) is 57.9 Å². The van der Waals surface area contributed by atoms with Crippen LogP contribution in [0.1, 0.15) is 86.0 Å². The topological polar surface area (TPSA) is 80.3 Å². The lowest BCUT2D eigenvalue weighted by atomic mass is 10.3. The zero-order valence-corrected chi connectivity index (χ0v) is 22.9. The van der Waals surface area contributed by atoms with Crippen molar-refractivity contribution in [3.63, 3.8) is 0 Å². The first kappa shape index (κ1) is 29.9. The number of hydrogen-bond acceptors (Lipinski definition) is 8. The molecule has 0 radical (unpaired) electrons. The molecule has 0 saturated carbocycles. The third kappa shape index (κ3) is 10.4. The standard InChI is InChI=1S/C22H41O7P2S/c1-6-10-14-25-22(5,26-15-11-7-2)29-30(23)20-18-32-19-21(20)31(24,27-16-12-8-3)28-17-13-9-4/h18-19H,6-17H2,1-5H3/q+1. The highest BCUT2D eigenvalue weighted by atomic mass is 32.1. The molecule has 10 heteroatoms. The van der Waals surface area contributed by atoms with E-state index in [1.807, 2.05) is 13.8 Å². The van der Waals surface area contributed by atoms with Crippen molar-refractivity contribution in [2.24, 2.45) is 0 Å². The van der Waals surface area contributed by atoms with Crippen molar-refractivity contribution >= 4 is 37.6 Å². The van der Waals surface area contributed by atoms with Gasteiger partial charge in [0, 0.05) is 17.7 Å². The van der Waals surface area contributed by atoms with E-state index >= 15 is 0 Å². The van der Waals surface area contributed by atoms with Gasteiger partial charge >= 0.3 is 21.6 Å². The minimum Gasteiger partial charge on any atom is -0.325 e. The smallest absolute Gasteiger partial charge is 0.325 e. The highest BCUT2D eigenvalue weighted by molar-refractivity contribution is 7.65. The maximum atomic E-state index is 13.7. The number of thiophene rings is 1. The molecule has 186 valence electrons. The Hall–Kier alpha value is -0.170. The molecule has 1 aromatic heterocycles. The van der Waals surface area contributed by atoms with E-state index < -0.39 is 21.6 Å². The summed E-state index contributed by atoms with van der Waals surface area (Å²) < 4.78 is 55.8. The van der Waals surface area contributed by atoms with Gasteiger partial charge in [-0.25, -0.2) is 0 Å². The Labute approximate surface area is 198 Å². The quantitative estimate of drug-likeness (QED) is 0.107. The van der Waals surface area contributed by atoms with Gasteiger partial charge in [0.1, 0.15) is 5.30 Å². The second kappa shape index (κ2) is 16.5. The van der Waals surface area contributed by atoms with Crippen molar-refractivity contribution < 1.29 is 32.2 Å². The summed E-state index contributed by atoms with van der Waals surface area (Å²) in [5.74, 6) is -1.45. The Morgan fingerprint density at radius 3 is 1.78 bits per heavy atom. The third-order valence-electron chi connectivity index (χ3n) is 4.60. The van der Waals surface area contributed by atoms with Crippen LogP contribution >= 0.6 is 27.0 Å². The Morgan fingerprint density at radius 2 is 1.31 bits per heavy atom. The summed E-state index contributed by atoms with van der Waals surface area (Å²) in [7, 11) is -6.04. The Bertz CT molecular complexity index is 672. The predicted molar refractivity (Wildman–Crippen MR) is 132 cm³/mol. The van der Waals surface area contributed by atoms with Gasteiger partial charge in [-0.05, 0) is 30.2 Å². The molecule has 0 saturated heterocycles. The monoisotopic (exact) mass is 511 g/mol. The van der Waals surface area contributed by atoms with Crippen molar-refractivity contribution in [2.45, 2.75) is 92.0 Å². The van der Waals surface area contributed by atoms with Crippen LogP contribution in [0.25, 0.3) is 0 Å². The molecule has 7 nitrogen and oxygen atoms in total. The summed E-state index contributed by atoms with van der Waals surface area (Å²) in [4.78, 5) is 0. The maximum Gasteiger partial charge on any atom is 0.556 e. The molecule has 0 aliphatic rings. The average Bonchev–Trinajstić information content (AvgIpc) is 3.26. The van der Waals surface area contributed by atoms with Crippen LogP contribution in [0, 0.1) is 0 Å². The molecular weight excluding hydrogens is 470 g/mol. The molecule has 0 aliphatic heterocycles.